The van der Waals surface area contributed by atoms with Crippen molar-refractivity contribution in [1.82, 2.24) is 5.32 Å². The maximum Gasteiger partial charge on any atom is 0.313 e. The summed E-state index contributed by atoms with van der Waals surface area (Å²) in [7, 11) is 0. The first-order chi connectivity index (χ1) is 20.8. The van der Waals surface area contributed by atoms with Crippen molar-refractivity contribution < 1.29 is 28.2 Å². The molecule has 3 fully saturated rings. The summed E-state index contributed by atoms with van der Waals surface area (Å²) in [6, 6.07) is 10.4. The third-order valence-corrected chi connectivity index (χ3v) is 10.9. The van der Waals surface area contributed by atoms with E-state index in [0.29, 0.717) is 53.8 Å². The van der Waals surface area contributed by atoms with E-state index in [1.54, 1.807) is 32.0 Å². The summed E-state index contributed by atoms with van der Waals surface area (Å²) in [5, 5.41) is 12.9. The number of hydrogen-bond acceptors (Lipinski definition) is 3. The third-order valence-electron chi connectivity index (χ3n) is 10.9. The molecule has 7 heteroatoms. The Bertz CT molecular complexity index is 1380. The van der Waals surface area contributed by atoms with E-state index in [1.165, 1.54) is 6.07 Å². The lowest BCUT2D eigenvalue weighted by Crippen LogP contribution is -2.54. The molecule has 0 radical (unpaired) electrons. The number of carbonyl (C=O) groups is 2. The molecule has 1 amide bonds. The van der Waals surface area contributed by atoms with Gasteiger partial charge in [-0.2, -0.15) is 0 Å². The highest BCUT2D eigenvalue weighted by molar-refractivity contribution is 5.85. The van der Waals surface area contributed by atoms with Crippen LogP contribution in [0.4, 0.5) is 8.78 Å². The van der Waals surface area contributed by atoms with Crippen LogP contribution in [-0.2, 0) is 15.0 Å². The zero-order valence-electron chi connectivity index (χ0n) is 27.0. The molecule has 0 aliphatic heterocycles. The lowest BCUT2D eigenvalue weighted by atomic mass is 9.54. The molecule has 3 aliphatic rings. The number of carboxylic acid groups (broad SMARTS) is 1. The number of rotatable bonds is 10. The molecule has 5 rings (SSSR count). The Labute approximate surface area is 261 Å². The molecule has 4 atom stereocenters. The Morgan fingerprint density at radius 1 is 1.09 bits per heavy atom. The lowest BCUT2D eigenvalue weighted by molar-refractivity contribution is -0.144. The summed E-state index contributed by atoms with van der Waals surface area (Å²) >= 11 is 0. The minimum atomic E-state index is -1.78. The van der Waals surface area contributed by atoms with E-state index in [2.05, 4.69) is 12.2 Å². The van der Waals surface area contributed by atoms with Gasteiger partial charge in [0, 0.05) is 12.1 Å². The van der Waals surface area contributed by atoms with Gasteiger partial charge in [-0.15, -0.1) is 0 Å². The van der Waals surface area contributed by atoms with Crippen LogP contribution in [0.2, 0.25) is 0 Å². The molecule has 0 bridgehead atoms. The van der Waals surface area contributed by atoms with Crippen molar-refractivity contribution in [2.45, 2.75) is 122 Å². The van der Waals surface area contributed by atoms with Gasteiger partial charge in [0.2, 0.25) is 0 Å². The number of alkyl halides is 1. The Hall–Kier alpha value is -2.96. The number of ether oxygens (including phenoxy) is 1. The summed E-state index contributed by atoms with van der Waals surface area (Å²) in [5.41, 5.74) is -0.383. The van der Waals surface area contributed by atoms with Gasteiger partial charge in [0.05, 0.1) is 11.5 Å². The van der Waals surface area contributed by atoms with Gasteiger partial charge in [0.1, 0.15) is 11.6 Å². The zero-order chi connectivity index (χ0) is 31.9. The fourth-order valence-electron chi connectivity index (χ4n) is 8.01. The van der Waals surface area contributed by atoms with Crippen LogP contribution in [0.5, 0.6) is 5.75 Å². The smallest absolute Gasteiger partial charge is 0.313 e. The molecule has 2 N–H and O–H groups in total. The molecule has 44 heavy (non-hydrogen) atoms. The number of carbonyl (C=O) groups excluding carboxylic acids is 1. The van der Waals surface area contributed by atoms with Gasteiger partial charge in [-0.1, -0.05) is 51.8 Å². The Kier molecular flexibility index (Phi) is 9.17. The first kappa shape index (κ1) is 32.4. The number of aliphatic carboxylic acids is 1. The van der Waals surface area contributed by atoms with E-state index >= 15 is 8.78 Å². The van der Waals surface area contributed by atoms with Crippen molar-refractivity contribution >= 4 is 11.9 Å². The summed E-state index contributed by atoms with van der Waals surface area (Å²) in [5.74, 6) is -0.775. The predicted molar refractivity (Wildman–Crippen MR) is 169 cm³/mol. The predicted octanol–water partition coefficient (Wildman–Crippen LogP) is 8.73. The Balaban J connectivity index is 1.30. The fourth-order valence-corrected chi connectivity index (χ4v) is 8.01. The quantitative estimate of drug-likeness (QED) is 0.282. The van der Waals surface area contributed by atoms with E-state index in [0.717, 1.165) is 44.9 Å². The SMILES string of the molecule is CCC1CC2(CCC2)C[C@@](F)(C(=O)NCC2CC[C@@H](Oc3ccc(C(C)(C)C(=O)O)cc3-c3cccc(F)c3C(C)C)C2)C1. The van der Waals surface area contributed by atoms with Crippen LogP contribution < -0.4 is 10.1 Å². The summed E-state index contributed by atoms with van der Waals surface area (Å²) in [6.07, 6.45) is 8.07. The number of nitrogens with one attached hydrogen (secondary N) is 1. The molecule has 0 saturated heterocycles. The van der Waals surface area contributed by atoms with Gasteiger partial charge >= 0.3 is 5.97 Å². The molecule has 3 saturated carbocycles. The molecule has 240 valence electrons. The van der Waals surface area contributed by atoms with E-state index in [-0.39, 0.29) is 35.1 Å². The first-order valence-electron chi connectivity index (χ1n) is 16.6. The first-order valence-corrected chi connectivity index (χ1v) is 16.6. The monoisotopic (exact) mass is 609 g/mol. The minimum Gasteiger partial charge on any atom is -0.490 e. The molecular formula is C37H49F2NO4. The normalized spacial score (nSPS) is 26.4. The van der Waals surface area contributed by atoms with Gasteiger partial charge < -0.3 is 15.2 Å². The van der Waals surface area contributed by atoms with Crippen LogP contribution in [0.15, 0.2) is 36.4 Å². The molecule has 0 aromatic heterocycles. The van der Waals surface area contributed by atoms with Gasteiger partial charge in [-0.05, 0) is 123 Å². The zero-order valence-corrected chi connectivity index (χ0v) is 27.0. The highest BCUT2D eigenvalue weighted by atomic mass is 19.1. The van der Waals surface area contributed by atoms with Crippen molar-refractivity contribution in [2.24, 2.45) is 17.3 Å². The second kappa shape index (κ2) is 12.4. The topological polar surface area (TPSA) is 75.6 Å². The van der Waals surface area contributed by atoms with Crippen molar-refractivity contribution in [3.63, 3.8) is 0 Å². The Morgan fingerprint density at radius 3 is 2.48 bits per heavy atom. The van der Waals surface area contributed by atoms with Crippen molar-refractivity contribution in [3.8, 4) is 16.9 Å². The average Bonchev–Trinajstić information content (AvgIpc) is 3.41. The average molecular weight is 610 g/mol. The minimum absolute atomic E-state index is 0.0152. The van der Waals surface area contributed by atoms with Gasteiger partial charge in [0.15, 0.2) is 5.67 Å². The lowest BCUT2D eigenvalue weighted by Gasteiger charge is -2.52. The van der Waals surface area contributed by atoms with E-state index < -0.39 is 23.0 Å². The maximum absolute atomic E-state index is 16.1. The summed E-state index contributed by atoms with van der Waals surface area (Å²) in [6.45, 7) is 9.71. The number of benzene rings is 2. The van der Waals surface area contributed by atoms with E-state index in [4.69, 9.17) is 4.74 Å². The summed E-state index contributed by atoms with van der Waals surface area (Å²) < 4.78 is 37.8. The molecule has 0 heterocycles. The second-order valence-electron chi connectivity index (χ2n) is 14.8. The number of amides is 1. The van der Waals surface area contributed by atoms with Crippen LogP contribution in [0, 0.1) is 23.1 Å². The van der Waals surface area contributed by atoms with Gasteiger partial charge in [0.25, 0.3) is 5.91 Å². The molecular weight excluding hydrogens is 560 g/mol. The number of carboxylic acids is 1. The van der Waals surface area contributed by atoms with Crippen molar-refractivity contribution in [2.75, 3.05) is 6.54 Å². The highest BCUT2D eigenvalue weighted by Gasteiger charge is 2.54. The van der Waals surface area contributed by atoms with Crippen LogP contribution in [0.25, 0.3) is 11.1 Å². The third kappa shape index (κ3) is 6.39. The number of halogens is 2. The largest absolute Gasteiger partial charge is 0.490 e. The molecule has 1 spiro atoms. The van der Waals surface area contributed by atoms with Crippen LogP contribution >= 0.6 is 0 Å². The van der Waals surface area contributed by atoms with E-state index in [9.17, 15) is 14.7 Å². The molecule has 2 aromatic carbocycles. The van der Waals surface area contributed by atoms with Crippen LogP contribution in [-0.4, -0.2) is 35.3 Å². The van der Waals surface area contributed by atoms with E-state index in [1.807, 2.05) is 26.0 Å². The highest BCUT2D eigenvalue weighted by Crippen LogP contribution is 2.57. The Morgan fingerprint density at radius 2 is 1.84 bits per heavy atom. The fraction of sp³-hybridized carbons (Fsp3) is 0.622. The van der Waals surface area contributed by atoms with Gasteiger partial charge in [-0.25, -0.2) is 8.78 Å². The second-order valence-corrected chi connectivity index (χ2v) is 14.8. The molecule has 2 unspecified atom stereocenters. The van der Waals surface area contributed by atoms with Crippen molar-refractivity contribution in [3.05, 3.63) is 53.3 Å². The summed E-state index contributed by atoms with van der Waals surface area (Å²) in [4.78, 5) is 25.3. The number of hydrogen-bond donors (Lipinski definition) is 2. The van der Waals surface area contributed by atoms with Crippen molar-refractivity contribution in [1.29, 1.82) is 0 Å². The molecule has 3 aliphatic carbocycles. The molecule has 2 aromatic rings. The standard InChI is InChI=1S/C37H49F2NO4/c1-6-24-19-36(15-8-16-36)22-37(39,20-24)33(41)40-21-25-11-13-27(17-25)44-31-14-12-26(35(4,5)34(42)43)18-29(31)28-9-7-10-30(38)32(28)23(2)3/h7,9-10,12,14,18,23-25,27H,6,8,11,13,15-17,19-22H2,1-5H3,(H,40,41)(H,42,43)/t24?,25?,27-,37-/m1/s1. The van der Waals surface area contributed by atoms with Gasteiger partial charge in [-0.3, -0.25) is 9.59 Å². The van der Waals surface area contributed by atoms with Crippen LogP contribution in [0.3, 0.4) is 0 Å². The van der Waals surface area contributed by atoms with Crippen LogP contribution in [0.1, 0.15) is 116 Å². The molecule has 5 nitrogen and oxygen atoms in total. The maximum atomic E-state index is 16.1.